The van der Waals surface area contributed by atoms with Crippen LogP contribution in [0.4, 0.5) is 5.69 Å². The highest BCUT2D eigenvalue weighted by atomic mass is 16.5. The summed E-state index contributed by atoms with van der Waals surface area (Å²) >= 11 is 0. The summed E-state index contributed by atoms with van der Waals surface area (Å²) in [6, 6.07) is 8.45. The van der Waals surface area contributed by atoms with E-state index in [0.29, 0.717) is 12.3 Å². The molecule has 128 valence electrons. The van der Waals surface area contributed by atoms with Gasteiger partial charge in [-0.3, -0.25) is 4.79 Å². The maximum absolute atomic E-state index is 12.3. The normalized spacial score (nSPS) is 17.5. The van der Waals surface area contributed by atoms with Crippen LogP contribution in [0.25, 0.3) is 0 Å². The Morgan fingerprint density at radius 2 is 2.04 bits per heavy atom. The van der Waals surface area contributed by atoms with Crippen molar-refractivity contribution >= 4 is 11.6 Å². The molecule has 2 rings (SSSR count). The molecule has 1 heterocycles. The van der Waals surface area contributed by atoms with E-state index < -0.39 is 0 Å². The van der Waals surface area contributed by atoms with Gasteiger partial charge >= 0.3 is 0 Å². The molecule has 0 saturated carbocycles. The highest BCUT2D eigenvalue weighted by Gasteiger charge is 2.25. The van der Waals surface area contributed by atoms with E-state index >= 15 is 0 Å². The molecule has 1 aromatic carbocycles. The second-order valence-electron chi connectivity index (χ2n) is 6.63. The van der Waals surface area contributed by atoms with E-state index in [1.165, 1.54) is 11.3 Å². The molecule has 1 saturated heterocycles. The smallest absolute Gasteiger partial charge is 0.222 e. The molecule has 1 aliphatic heterocycles. The summed E-state index contributed by atoms with van der Waals surface area (Å²) in [6.45, 7) is 5.49. The zero-order valence-electron chi connectivity index (χ0n) is 14.8. The maximum Gasteiger partial charge on any atom is 0.222 e. The first-order valence-corrected chi connectivity index (χ1v) is 8.72. The third kappa shape index (κ3) is 5.54. The maximum atomic E-state index is 12.3. The van der Waals surface area contributed by atoms with Gasteiger partial charge in [-0.05, 0) is 37.0 Å². The molecule has 1 fully saturated rings. The summed E-state index contributed by atoms with van der Waals surface area (Å²) in [5, 5.41) is 0. The number of amides is 1. The number of benzene rings is 1. The van der Waals surface area contributed by atoms with Crippen LogP contribution in [0.5, 0.6) is 0 Å². The van der Waals surface area contributed by atoms with Crippen molar-refractivity contribution in [1.29, 1.82) is 0 Å². The van der Waals surface area contributed by atoms with Crippen molar-refractivity contribution in [2.75, 3.05) is 45.3 Å². The molecule has 1 aliphatic rings. The van der Waals surface area contributed by atoms with E-state index in [-0.39, 0.29) is 5.91 Å². The number of hydrogen-bond acceptors (Lipinski definition) is 3. The summed E-state index contributed by atoms with van der Waals surface area (Å²) in [5.41, 5.74) is 2.42. The Kier molecular flexibility index (Phi) is 6.90. The van der Waals surface area contributed by atoms with Gasteiger partial charge in [-0.2, -0.15) is 0 Å². The fourth-order valence-corrected chi connectivity index (χ4v) is 2.96. The van der Waals surface area contributed by atoms with Gasteiger partial charge in [0.25, 0.3) is 0 Å². The molecule has 0 aromatic heterocycles. The first-order valence-electron chi connectivity index (χ1n) is 8.72. The Labute approximate surface area is 140 Å². The SMILES string of the molecule is CCCOC[C@H]1CCN(C(=O)CCc2ccc(N(C)C)cc2)C1. The number of hydrogen-bond donors (Lipinski definition) is 0. The van der Waals surface area contributed by atoms with E-state index in [0.717, 1.165) is 45.6 Å². The zero-order chi connectivity index (χ0) is 16.7. The van der Waals surface area contributed by atoms with Gasteiger partial charge < -0.3 is 14.5 Å². The average molecular weight is 318 g/mol. The number of aryl methyl sites for hydroxylation is 1. The van der Waals surface area contributed by atoms with Gasteiger partial charge in [0.2, 0.25) is 5.91 Å². The fourth-order valence-electron chi connectivity index (χ4n) is 2.96. The van der Waals surface area contributed by atoms with E-state index in [1.54, 1.807) is 0 Å². The molecule has 0 N–H and O–H groups in total. The third-order valence-electron chi connectivity index (χ3n) is 4.42. The lowest BCUT2D eigenvalue weighted by Gasteiger charge is -2.17. The molecule has 4 heteroatoms. The van der Waals surface area contributed by atoms with Crippen molar-refractivity contribution in [2.24, 2.45) is 5.92 Å². The van der Waals surface area contributed by atoms with Crippen molar-refractivity contribution in [3.63, 3.8) is 0 Å². The van der Waals surface area contributed by atoms with Crippen LogP contribution in [0.1, 0.15) is 31.7 Å². The second kappa shape index (κ2) is 8.92. The van der Waals surface area contributed by atoms with E-state index in [4.69, 9.17) is 4.74 Å². The summed E-state index contributed by atoms with van der Waals surface area (Å²) < 4.78 is 5.61. The Balaban J connectivity index is 1.72. The highest BCUT2D eigenvalue weighted by molar-refractivity contribution is 5.76. The number of rotatable bonds is 8. The molecule has 1 amide bonds. The standard InChI is InChI=1S/C19H30N2O2/c1-4-13-23-15-17-11-12-21(14-17)19(22)10-7-16-5-8-18(9-6-16)20(2)3/h5-6,8-9,17H,4,7,10-15H2,1-3H3/t17-/m0/s1. The van der Waals surface area contributed by atoms with Gasteiger partial charge in [-0.1, -0.05) is 19.1 Å². The summed E-state index contributed by atoms with van der Waals surface area (Å²) in [4.78, 5) is 16.4. The Morgan fingerprint density at radius 1 is 1.30 bits per heavy atom. The number of nitrogens with zero attached hydrogens (tertiary/aromatic N) is 2. The van der Waals surface area contributed by atoms with Gasteiger partial charge in [0.15, 0.2) is 0 Å². The van der Waals surface area contributed by atoms with E-state index in [2.05, 4.69) is 36.1 Å². The summed E-state index contributed by atoms with van der Waals surface area (Å²) in [6.07, 6.45) is 3.55. The molecule has 1 aromatic rings. The molecule has 0 bridgehead atoms. The van der Waals surface area contributed by atoms with Crippen LogP contribution in [-0.2, 0) is 16.0 Å². The fraction of sp³-hybridized carbons (Fsp3) is 0.632. The van der Waals surface area contributed by atoms with Crippen molar-refractivity contribution < 1.29 is 9.53 Å². The largest absolute Gasteiger partial charge is 0.381 e. The molecule has 0 spiro atoms. The average Bonchev–Trinajstić information content (AvgIpc) is 3.02. The van der Waals surface area contributed by atoms with Gasteiger partial charge in [0, 0.05) is 51.8 Å². The Hall–Kier alpha value is -1.55. The van der Waals surface area contributed by atoms with Crippen LogP contribution in [-0.4, -0.2) is 51.2 Å². The lowest BCUT2D eigenvalue weighted by Crippen LogP contribution is -2.29. The van der Waals surface area contributed by atoms with E-state index in [9.17, 15) is 4.79 Å². The molecule has 0 unspecified atom stereocenters. The third-order valence-corrected chi connectivity index (χ3v) is 4.42. The van der Waals surface area contributed by atoms with Gasteiger partial charge in [0.05, 0.1) is 6.61 Å². The molecule has 23 heavy (non-hydrogen) atoms. The summed E-state index contributed by atoms with van der Waals surface area (Å²) in [5.74, 6) is 0.796. The van der Waals surface area contributed by atoms with Crippen LogP contribution in [0.3, 0.4) is 0 Å². The zero-order valence-corrected chi connectivity index (χ0v) is 14.8. The lowest BCUT2D eigenvalue weighted by atomic mass is 10.1. The number of ether oxygens (including phenoxy) is 1. The van der Waals surface area contributed by atoms with Crippen LogP contribution in [0.15, 0.2) is 24.3 Å². The van der Waals surface area contributed by atoms with Gasteiger partial charge in [0.1, 0.15) is 0 Å². The second-order valence-corrected chi connectivity index (χ2v) is 6.63. The van der Waals surface area contributed by atoms with Crippen molar-refractivity contribution in [3.8, 4) is 0 Å². The van der Waals surface area contributed by atoms with Crippen LogP contribution < -0.4 is 4.90 Å². The Morgan fingerprint density at radius 3 is 2.70 bits per heavy atom. The highest BCUT2D eigenvalue weighted by Crippen LogP contribution is 2.19. The van der Waals surface area contributed by atoms with Crippen molar-refractivity contribution in [1.82, 2.24) is 4.90 Å². The van der Waals surface area contributed by atoms with Crippen LogP contribution in [0.2, 0.25) is 0 Å². The molecular formula is C19H30N2O2. The van der Waals surface area contributed by atoms with E-state index in [1.807, 2.05) is 19.0 Å². The first-order chi connectivity index (χ1) is 11.1. The first kappa shape index (κ1) is 17.8. The molecule has 4 nitrogen and oxygen atoms in total. The lowest BCUT2D eigenvalue weighted by molar-refractivity contribution is -0.130. The number of likely N-dealkylation sites (tertiary alicyclic amines) is 1. The molecule has 1 atom stereocenters. The van der Waals surface area contributed by atoms with Gasteiger partial charge in [-0.25, -0.2) is 0 Å². The minimum absolute atomic E-state index is 0.277. The quantitative estimate of drug-likeness (QED) is 0.691. The van der Waals surface area contributed by atoms with Crippen molar-refractivity contribution in [3.05, 3.63) is 29.8 Å². The predicted octanol–water partition coefficient (Wildman–Crippen LogP) is 2.96. The van der Waals surface area contributed by atoms with Crippen LogP contribution >= 0.6 is 0 Å². The minimum atomic E-state index is 0.277. The molecule has 0 radical (unpaired) electrons. The monoisotopic (exact) mass is 318 g/mol. The Bertz CT molecular complexity index is 485. The van der Waals surface area contributed by atoms with Crippen LogP contribution in [0, 0.1) is 5.92 Å². The number of carbonyl (C=O) groups is 1. The number of anilines is 1. The number of carbonyl (C=O) groups excluding carboxylic acids is 1. The predicted molar refractivity (Wildman–Crippen MR) is 94.9 cm³/mol. The molecular weight excluding hydrogens is 288 g/mol. The van der Waals surface area contributed by atoms with Gasteiger partial charge in [-0.15, -0.1) is 0 Å². The topological polar surface area (TPSA) is 32.8 Å². The molecule has 0 aliphatic carbocycles. The minimum Gasteiger partial charge on any atom is -0.381 e. The van der Waals surface area contributed by atoms with Crippen molar-refractivity contribution in [2.45, 2.75) is 32.6 Å². The summed E-state index contributed by atoms with van der Waals surface area (Å²) in [7, 11) is 4.07.